The number of aromatic nitrogens is 2. The molecular formula is C24H31F3N4O2. The third-order valence-electron chi connectivity index (χ3n) is 6.32. The normalized spacial score (nSPS) is 17.5. The van der Waals surface area contributed by atoms with Gasteiger partial charge in [0.25, 0.3) is 5.91 Å². The summed E-state index contributed by atoms with van der Waals surface area (Å²) < 4.78 is 46.0. The topological polar surface area (TPSA) is 50.6 Å². The molecule has 33 heavy (non-hydrogen) atoms. The molecule has 1 aromatic heterocycles. The number of carbonyl (C=O) groups excluding carboxylic acids is 1. The van der Waals surface area contributed by atoms with Gasteiger partial charge in [0.1, 0.15) is 0 Å². The van der Waals surface area contributed by atoms with Crippen LogP contribution in [0.1, 0.15) is 53.1 Å². The Balaban J connectivity index is 1.54. The van der Waals surface area contributed by atoms with Gasteiger partial charge >= 0.3 is 6.18 Å². The molecule has 0 unspecified atom stereocenters. The van der Waals surface area contributed by atoms with Crippen molar-refractivity contribution in [3.63, 3.8) is 0 Å². The number of nitrogens with zero attached hydrogens (tertiary/aromatic N) is 4. The summed E-state index contributed by atoms with van der Waals surface area (Å²) in [6.45, 7) is 9.14. The van der Waals surface area contributed by atoms with E-state index in [1.54, 1.807) is 4.90 Å². The van der Waals surface area contributed by atoms with E-state index in [0.29, 0.717) is 51.0 Å². The van der Waals surface area contributed by atoms with Crippen molar-refractivity contribution < 1.29 is 22.7 Å². The van der Waals surface area contributed by atoms with Gasteiger partial charge in [0, 0.05) is 56.9 Å². The van der Waals surface area contributed by atoms with Crippen LogP contribution in [-0.2, 0) is 37.0 Å². The number of fused-ring (bicyclic) bond motifs is 1. The van der Waals surface area contributed by atoms with E-state index < -0.39 is 11.7 Å². The lowest BCUT2D eigenvalue weighted by atomic mass is 10.0. The predicted octanol–water partition coefficient (Wildman–Crippen LogP) is 3.98. The summed E-state index contributed by atoms with van der Waals surface area (Å²) in [4.78, 5) is 17.3. The predicted molar refractivity (Wildman–Crippen MR) is 118 cm³/mol. The molecule has 180 valence electrons. The Labute approximate surface area is 192 Å². The Morgan fingerprint density at radius 2 is 1.82 bits per heavy atom. The Bertz CT molecular complexity index is 963. The van der Waals surface area contributed by atoms with Crippen molar-refractivity contribution in [2.24, 2.45) is 5.92 Å². The molecule has 0 radical (unpaired) electrons. The maximum atomic E-state index is 13.3. The summed E-state index contributed by atoms with van der Waals surface area (Å²) in [5, 5.41) is 4.75. The van der Waals surface area contributed by atoms with Crippen LogP contribution in [0.3, 0.4) is 0 Å². The minimum absolute atomic E-state index is 0.0609. The van der Waals surface area contributed by atoms with Crippen molar-refractivity contribution in [2.75, 3.05) is 32.8 Å². The van der Waals surface area contributed by atoms with Crippen molar-refractivity contribution in [1.82, 2.24) is 19.6 Å². The van der Waals surface area contributed by atoms with E-state index in [0.717, 1.165) is 54.9 Å². The van der Waals surface area contributed by atoms with Gasteiger partial charge in [-0.1, -0.05) is 26.0 Å². The van der Waals surface area contributed by atoms with Crippen LogP contribution in [0.4, 0.5) is 13.2 Å². The summed E-state index contributed by atoms with van der Waals surface area (Å²) in [6, 6.07) is 5.32. The molecule has 2 aromatic rings. The average molecular weight is 465 g/mol. The van der Waals surface area contributed by atoms with Gasteiger partial charge in [-0.2, -0.15) is 18.3 Å². The minimum atomic E-state index is -4.34. The van der Waals surface area contributed by atoms with E-state index in [-0.39, 0.29) is 5.91 Å². The highest BCUT2D eigenvalue weighted by atomic mass is 19.4. The molecule has 1 aromatic carbocycles. The number of hydrogen-bond donors (Lipinski definition) is 0. The van der Waals surface area contributed by atoms with Crippen LogP contribution < -0.4 is 0 Å². The SMILES string of the molecule is CC(C)CCn1nc(C(=O)N2CCOCC2)c2c1CCN(Cc1ccc(C(F)(F)F)cc1)C2. The quantitative estimate of drug-likeness (QED) is 0.649. The standard InChI is InChI=1S/C24H31F3N4O2/c1-17(2)7-10-31-21-8-9-29(15-18-3-5-19(6-4-18)24(25,26)27)16-20(21)22(28-31)23(32)30-11-13-33-14-12-30/h3-6,17H,7-16H2,1-2H3. The van der Waals surface area contributed by atoms with Crippen LogP contribution >= 0.6 is 0 Å². The molecule has 0 bridgehead atoms. The molecule has 0 N–H and O–H groups in total. The fraction of sp³-hybridized carbons (Fsp3) is 0.583. The first-order chi connectivity index (χ1) is 15.7. The zero-order valence-corrected chi connectivity index (χ0v) is 19.2. The molecule has 1 amide bonds. The Morgan fingerprint density at radius 1 is 1.12 bits per heavy atom. The van der Waals surface area contributed by atoms with Gasteiger partial charge < -0.3 is 9.64 Å². The Hall–Kier alpha value is -2.39. The number of hydrogen-bond acceptors (Lipinski definition) is 4. The molecule has 2 aliphatic heterocycles. The van der Waals surface area contributed by atoms with Gasteiger partial charge in [-0.05, 0) is 30.0 Å². The third kappa shape index (κ3) is 5.58. The van der Waals surface area contributed by atoms with E-state index in [9.17, 15) is 18.0 Å². The van der Waals surface area contributed by atoms with Crippen LogP contribution in [0.5, 0.6) is 0 Å². The lowest BCUT2D eigenvalue weighted by molar-refractivity contribution is -0.137. The maximum absolute atomic E-state index is 13.3. The lowest BCUT2D eigenvalue weighted by Gasteiger charge is -2.29. The number of aryl methyl sites for hydroxylation is 1. The lowest BCUT2D eigenvalue weighted by Crippen LogP contribution is -2.41. The van der Waals surface area contributed by atoms with Crippen LogP contribution in [0.15, 0.2) is 24.3 Å². The summed E-state index contributed by atoms with van der Waals surface area (Å²) in [7, 11) is 0. The van der Waals surface area contributed by atoms with E-state index in [1.165, 1.54) is 12.1 Å². The van der Waals surface area contributed by atoms with Crippen LogP contribution in [-0.4, -0.2) is 58.3 Å². The number of rotatable bonds is 6. The Morgan fingerprint density at radius 3 is 2.45 bits per heavy atom. The molecule has 9 heteroatoms. The first kappa shape index (κ1) is 23.8. The smallest absolute Gasteiger partial charge is 0.378 e. The number of carbonyl (C=O) groups is 1. The molecular weight excluding hydrogens is 433 g/mol. The highest BCUT2D eigenvalue weighted by Gasteiger charge is 2.32. The molecule has 6 nitrogen and oxygen atoms in total. The molecule has 1 fully saturated rings. The van der Waals surface area contributed by atoms with Gasteiger partial charge in [0.15, 0.2) is 5.69 Å². The van der Waals surface area contributed by atoms with Crippen LogP contribution in [0.2, 0.25) is 0 Å². The maximum Gasteiger partial charge on any atom is 0.416 e. The van der Waals surface area contributed by atoms with Crippen molar-refractivity contribution in [3.8, 4) is 0 Å². The number of amides is 1. The second-order valence-corrected chi connectivity index (χ2v) is 9.24. The zero-order valence-electron chi connectivity index (χ0n) is 19.2. The van der Waals surface area contributed by atoms with Gasteiger partial charge in [-0.25, -0.2) is 0 Å². The fourth-order valence-electron chi connectivity index (χ4n) is 4.39. The summed E-state index contributed by atoms with van der Waals surface area (Å²) >= 11 is 0. The Kier molecular flexibility index (Phi) is 7.09. The average Bonchev–Trinajstić information content (AvgIpc) is 3.15. The highest BCUT2D eigenvalue weighted by molar-refractivity contribution is 5.94. The number of alkyl halides is 3. The number of ether oxygens (including phenoxy) is 1. The molecule has 2 aliphatic rings. The van der Waals surface area contributed by atoms with Gasteiger partial charge in [-0.15, -0.1) is 0 Å². The molecule has 0 saturated carbocycles. The third-order valence-corrected chi connectivity index (χ3v) is 6.32. The molecule has 1 saturated heterocycles. The van der Waals surface area contributed by atoms with E-state index in [1.807, 2.05) is 4.68 Å². The largest absolute Gasteiger partial charge is 0.416 e. The van der Waals surface area contributed by atoms with Gasteiger partial charge in [-0.3, -0.25) is 14.4 Å². The fourth-order valence-corrected chi connectivity index (χ4v) is 4.39. The summed E-state index contributed by atoms with van der Waals surface area (Å²) in [6.07, 6.45) is -2.59. The first-order valence-corrected chi connectivity index (χ1v) is 11.6. The molecule has 0 aliphatic carbocycles. The minimum Gasteiger partial charge on any atom is -0.378 e. The van der Waals surface area contributed by atoms with Crippen molar-refractivity contribution in [3.05, 3.63) is 52.3 Å². The molecule has 0 atom stereocenters. The molecule has 4 rings (SSSR count). The molecule has 3 heterocycles. The van der Waals surface area contributed by atoms with Crippen LogP contribution in [0, 0.1) is 5.92 Å². The van der Waals surface area contributed by atoms with Gasteiger partial charge in [0.05, 0.1) is 18.8 Å². The second-order valence-electron chi connectivity index (χ2n) is 9.24. The van der Waals surface area contributed by atoms with Crippen molar-refractivity contribution in [1.29, 1.82) is 0 Å². The number of benzene rings is 1. The monoisotopic (exact) mass is 464 g/mol. The highest BCUT2D eigenvalue weighted by Crippen LogP contribution is 2.30. The van der Waals surface area contributed by atoms with Crippen LogP contribution in [0.25, 0.3) is 0 Å². The first-order valence-electron chi connectivity index (χ1n) is 11.6. The van der Waals surface area contributed by atoms with E-state index in [2.05, 4.69) is 18.7 Å². The molecule has 0 spiro atoms. The van der Waals surface area contributed by atoms with Gasteiger partial charge in [0.2, 0.25) is 0 Å². The number of halogens is 3. The number of morpholine rings is 1. The van der Waals surface area contributed by atoms with E-state index in [4.69, 9.17) is 9.84 Å². The van der Waals surface area contributed by atoms with Crippen molar-refractivity contribution in [2.45, 2.75) is 52.5 Å². The summed E-state index contributed by atoms with van der Waals surface area (Å²) in [5.74, 6) is 0.470. The zero-order chi connectivity index (χ0) is 23.6. The summed E-state index contributed by atoms with van der Waals surface area (Å²) in [5.41, 5.74) is 2.74. The van der Waals surface area contributed by atoms with E-state index >= 15 is 0 Å². The van der Waals surface area contributed by atoms with Crippen molar-refractivity contribution >= 4 is 5.91 Å². The second kappa shape index (κ2) is 9.85.